The second-order valence-corrected chi connectivity index (χ2v) is 16.5. The Morgan fingerprint density at radius 1 is 1.00 bits per heavy atom. The lowest BCUT2D eigenvalue weighted by atomic mass is 9.97. The van der Waals surface area contributed by atoms with E-state index in [1.807, 2.05) is 36.3 Å². The van der Waals surface area contributed by atoms with Crippen LogP contribution < -0.4 is 25.6 Å². The standard InChI is InChI=1S/C33H38BrN10O2P/c1-42-19-21(17-38-42)23-15-27(29(46-2)16-28(23)44-14-13-43-12-6-5-7-22(43)20-44)40-33-37-18-24(34)32(41-33)39-26-9-8-25-30(36-11-10-35-25)31(26)47(3,4)45/h8-11,15-19,22H,5-7,12-14,20H2,1-4H3,(H2,37,39,40,41). The Kier molecular flexibility index (Phi) is 8.63. The molecule has 0 radical (unpaired) electrons. The number of aromatic nitrogens is 6. The van der Waals surface area contributed by atoms with Gasteiger partial charge >= 0.3 is 0 Å². The Hall–Kier alpha value is -4.06. The van der Waals surface area contributed by atoms with Crippen molar-refractivity contribution in [2.75, 3.05) is 62.2 Å². The van der Waals surface area contributed by atoms with Crippen LogP contribution in [0.1, 0.15) is 19.3 Å². The molecule has 2 aliphatic heterocycles. The molecule has 1 unspecified atom stereocenters. The van der Waals surface area contributed by atoms with Gasteiger partial charge in [-0.05, 0) is 66.8 Å². The molecule has 3 aromatic heterocycles. The van der Waals surface area contributed by atoms with E-state index in [1.54, 1.807) is 39.0 Å². The number of hydrogen-bond acceptors (Lipinski definition) is 11. The Morgan fingerprint density at radius 2 is 1.85 bits per heavy atom. The van der Waals surface area contributed by atoms with Gasteiger partial charge in [-0.25, -0.2) is 4.98 Å². The van der Waals surface area contributed by atoms with Crippen LogP contribution in [0.5, 0.6) is 5.75 Å². The number of piperidine rings is 1. The molecule has 1 atom stereocenters. The van der Waals surface area contributed by atoms with E-state index in [9.17, 15) is 4.57 Å². The van der Waals surface area contributed by atoms with Crippen molar-refractivity contribution >= 4 is 68.2 Å². The third-order valence-corrected chi connectivity index (χ3v) is 11.0. The number of nitrogens with zero attached hydrogens (tertiary/aromatic N) is 8. The third-order valence-electron chi connectivity index (χ3n) is 8.91. The summed E-state index contributed by atoms with van der Waals surface area (Å²) in [6, 6.07) is 8.50. The molecule has 244 valence electrons. The van der Waals surface area contributed by atoms with E-state index in [0.29, 0.717) is 50.1 Å². The number of benzene rings is 2. The maximum atomic E-state index is 13.5. The fourth-order valence-electron chi connectivity index (χ4n) is 6.69. The van der Waals surface area contributed by atoms with Crippen molar-refractivity contribution in [2.45, 2.75) is 25.3 Å². The lowest BCUT2D eigenvalue weighted by Gasteiger charge is -2.45. The lowest BCUT2D eigenvalue weighted by Crippen LogP contribution is -2.55. The van der Waals surface area contributed by atoms with E-state index in [0.717, 1.165) is 42.1 Å². The predicted octanol–water partition coefficient (Wildman–Crippen LogP) is 6.00. The predicted molar refractivity (Wildman–Crippen MR) is 192 cm³/mol. The molecule has 14 heteroatoms. The molecule has 5 heterocycles. The van der Waals surface area contributed by atoms with E-state index in [1.165, 1.54) is 25.8 Å². The van der Waals surface area contributed by atoms with Crippen molar-refractivity contribution < 1.29 is 9.30 Å². The second-order valence-electron chi connectivity index (χ2n) is 12.5. The monoisotopic (exact) mass is 716 g/mol. The highest BCUT2D eigenvalue weighted by Crippen LogP contribution is 2.43. The molecule has 2 saturated heterocycles. The second kappa shape index (κ2) is 12.9. The maximum absolute atomic E-state index is 13.5. The molecule has 2 aromatic carbocycles. The van der Waals surface area contributed by atoms with Gasteiger partial charge in [0.1, 0.15) is 24.2 Å². The van der Waals surface area contributed by atoms with Crippen LogP contribution in [0.4, 0.5) is 28.8 Å². The summed E-state index contributed by atoms with van der Waals surface area (Å²) in [5.74, 6) is 1.56. The number of rotatable bonds is 8. The minimum Gasteiger partial charge on any atom is -0.494 e. The molecule has 47 heavy (non-hydrogen) atoms. The molecule has 12 nitrogen and oxygen atoms in total. The van der Waals surface area contributed by atoms with Crippen molar-refractivity contribution in [1.82, 2.24) is 34.6 Å². The fraction of sp³-hybridized carbons (Fsp3) is 0.364. The van der Waals surface area contributed by atoms with Crippen LogP contribution >= 0.6 is 23.1 Å². The van der Waals surface area contributed by atoms with Crippen LogP contribution in [0.3, 0.4) is 0 Å². The average Bonchev–Trinajstić information content (AvgIpc) is 3.51. The summed E-state index contributed by atoms with van der Waals surface area (Å²) in [6.07, 6.45) is 12.7. The number of aryl methyl sites for hydroxylation is 1. The number of piperazine rings is 1. The molecule has 0 amide bonds. The van der Waals surface area contributed by atoms with Gasteiger partial charge in [0.05, 0.1) is 40.0 Å². The number of anilines is 5. The lowest BCUT2D eigenvalue weighted by molar-refractivity contribution is 0.133. The van der Waals surface area contributed by atoms with Crippen LogP contribution in [0.15, 0.2) is 59.7 Å². The number of nitrogens with one attached hydrogen (secondary N) is 2. The number of methoxy groups -OCH3 is 1. The minimum atomic E-state index is -2.76. The van der Waals surface area contributed by atoms with Crippen LogP contribution in [0.25, 0.3) is 22.2 Å². The van der Waals surface area contributed by atoms with E-state index < -0.39 is 7.14 Å². The first-order valence-electron chi connectivity index (χ1n) is 15.7. The van der Waals surface area contributed by atoms with Crippen LogP contribution in [0, 0.1) is 0 Å². The van der Waals surface area contributed by atoms with E-state index in [-0.39, 0.29) is 0 Å². The van der Waals surface area contributed by atoms with Gasteiger partial charge in [0.2, 0.25) is 5.95 Å². The van der Waals surface area contributed by atoms with Gasteiger partial charge in [-0.2, -0.15) is 10.1 Å². The zero-order valence-corrected chi connectivity index (χ0v) is 29.4. The van der Waals surface area contributed by atoms with Gasteiger partial charge in [0.25, 0.3) is 0 Å². The Bertz CT molecular complexity index is 2000. The summed E-state index contributed by atoms with van der Waals surface area (Å²) >= 11 is 3.59. The Labute approximate surface area is 282 Å². The van der Waals surface area contributed by atoms with E-state index in [2.05, 4.69) is 68.5 Å². The van der Waals surface area contributed by atoms with Gasteiger partial charge in [-0.3, -0.25) is 19.5 Å². The topological polar surface area (TPSA) is 126 Å². The summed E-state index contributed by atoms with van der Waals surface area (Å²) in [5, 5.41) is 11.9. The van der Waals surface area contributed by atoms with Crippen LogP contribution in [-0.4, -0.2) is 87.3 Å². The average molecular weight is 718 g/mol. The first-order chi connectivity index (χ1) is 22.7. The van der Waals surface area contributed by atoms with Crippen LogP contribution in [-0.2, 0) is 11.6 Å². The van der Waals surface area contributed by atoms with Gasteiger partial charge in [-0.1, -0.05) is 6.42 Å². The molecule has 0 saturated carbocycles. The number of fused-ring (bicyclic) bond motifs is 2. The minimum absolute atomic E-state index is 0.369. The molecular weight excluding hydrogens is 679 g/mol. The summed E-state index contributed by atoms with van der Waals surface area (Å²) in [4.78, 5) is 23.4. The Morgan fingerprint density at radius 3 is 2.64 bits per heavy atom. The van der Waals surface area contributed by atoms with Crippen LogP contribution in [0.2, 0.25) is 0 Å². The zero-order valence-electron chi connectivity index (χ0n) is 26.9. The van der Waals surface area contributed by atoms with Crippen molar-refractivity contribution in [2.24, 2.45) is 7.05 Å². The van der Waals surface area contributed by atoms with Gasteiger partial charge < -0.3 is 24.8 Å². The van der Waals surface area contributed by atoms with Crippen molar-refractivity contribution in [1.29, 1.82) is 0 Å². The molecule has 0 aliphatic carbocycles. The van der Waals surface area contributed by atoms with Crippen molar-refractivity contribution in [3.8, 4) is 16.9 Å². The fourth-order valence-corrected chi connectivity index (χ4v) is 8.38. The maximum Gasteiger partial charge on any atom is 0.229 e. The zero-order chi connectivity index (χ0) is 32.7. The van der Waals surface area contributed by atoms with Gasteiger partial charge in [-0.15, -0.1) is 0 Å². The van der Waals surface area contributed by atoms with Gasteiger partial charge in [0, 0.05) is 80.4 Å². The number of hydrogen-bond donors (Lipinski definition) is 2. The molecule has 2 N–H and O–H groups in total. The SMILES string of the molecule is COc1cc(N2CCN3CCCCC3C2)c(-c2cnn(C)c2)cc1Nc1ncc(Br)c(Nc2ccc3nccnc3c2P(C)(C)=O)n1. The first kappa shape index (κ1) is 31.5. The highest BCUT2D eigenvalue weighted by Gasteiger charge is 2.31. The molecular formula is C33H38BrN10O2P. The molecule has 2 fully saturated rings. The van der Waals surface area contributed by atoms with E-state index >= 15 is 0 Å². The summed E-state index contributed by atoms with van der Waals surface area (Å²) in [5.41, 5.74) is 5.87. The highest BCUT2D eigenvalue weighted by molar-refractivity contribution is 9.10. The van der Waals surface area contributed by atoms with E-state index in [4.69, 9.17) is 9.72 Å². The molecule has 2 aliphatic rings. The molecule has 0 bridgehead atoms. The molecule has 7 rings (SSSR count). The van der Waals surface area contributed by atoms with Gasteiger partial charge in [0.15, 0.2) is 0 Å². The quantitative estimate of drug-likeness (QED) is 0.184. The number of halogens is 1. The summed E-state index contributed by atoms with van der Waals surface area (Å²) < 4.78 is 21.9. The molecule has 5 aromatic rings. The highest BCUT2D eigenvalue weighted by atomic mass is 79.9. The van der Waals surface area contributed by atoms with Crippen molar-refractivity contribution in [3.05, 3.63) is 59.7 Å². The third kappa shape index (κ3) is 6.44. The smallest absolute Gasteiger partial charge is 0.229 e. The Balaban J connectivity index is 1.24. The molecule has 0 spiro atoms. The normalized spacial score (nSPS) is 17.0. The number of ether oxygens (including phenoxy) is 1. The van der Waals surface area contributed by atoms with Crippen molar-refractivity contribution in [3.63, 3.8) is 0 Å². The first-order valence-corrected chi connectivity index (χ1v) is 19.1. The largest absolute Gasteiger partial charge is 0.494 e. The summed E-state index contributed by atoms with van der Waals surface area (Å²) in [7, 11) is 0.854. The summed E-state index contributed by atoms with van der Waals surface area (Å²) in [6.45, 7) is 7.65.